The van der Waals surface area contributed by atoms with Crippen LogP contribution in [0, 0.1) is 5.92 Å². The molecule has 0 rings (SSSR count). The summed E-state index contributed by atoms with van der Waals surface area (Å²) < 4.78 is 5.04. The first-order chi connectivity index (χ1) is 7.56. The maximum absolute atomic E-state index is 5.04. The molecule has 0 aliphatic heterocycles. The fraction of sp³-hybridized carbons (Fsp3) is 1.00. The van der Waals surface area contributed by atoms with Crippen molar-refractivity contribution in [3.63, 3.8) is 0 Å². The Morgan fingerprint density at radius 1 is 1.12 bits per heavy atom. The summed E-state index contributed by atoms with van der Waals surface area (Å²) in [7, 11) is 3.89. The van der Waals surface area contributed by atoms with Gasteiger partial charge in [-0.1, -0.05) is 13.8 Å². The van der Waals surface area contributed by atoms with E-state index in [0.29, 0.717) is 6.04 Å². The highest BCUT2D eigenvalue weighted by Gasteiger charge is 2.03. The molecule has 0 aromatic rings. The molecule has 98 valence electrons. The van der Waals surface area contributed by atoms with Gasteiger partial charge in [0.1, 0.15) is 0 Å². The second-order valence-corrected chi connectivity index (χ2v) is 5.12. The van der Waals surface area contributed by atoms with Crippen LogP contribution in [0.5, 0.6) is 0 Å². The van der Waals surface area contributed by atoms with E-state index in [1.54, 1.807) is 7.11 Å². The highest BCUT2D eigenvalue weighted by molar-refractivity contribution is 4.63. The summed E-state index contributed by atoms with van der Waals surface area (Å²) in [5, 5.41) is 3.56. The number of methoxy groups -OCH3 is 1. The van der Waals surface area contributed by atoms with Gasteiger partial charge in [-0.3, -0.25) is 0 Å². The first-order valence-corrected chi connectivity index (χ1v) is 6.47. The van der Waals surface area contributed by atoms with Crippen LogP contribution in [0.4, 0.5) is 0 Å². The first-order valence-electron chi connectivity index (χ1n) is 6.47. The standard InChI is InChI=1S/C13H30N2O/c1-12(2)6-7-13(3)14-8-9-15(4)10-11-16-5/h12-14H,6-11H2,1-5H3. The van der Waals surface area contributed by atoms with E-state index in [0.717, 1.165) is 32.2 Å². The molecule has 0 fully saturated rings. The number of nitrogens with zero attached hydrogens (tertiary/aromatic N) is 1. The molecule has 0 aliphatic carbocycles. The van der Waals surface area contributed by atoms with Crippen LogP contribution in [0.15, 0.2) is 0 Å². The first kappa shape index (κ1) is 15.9. The minimum absolute atomic E-state index is 0.637. The van der Waals surface area contributed by atoms with Gasteiger partial charge in [-0.25, -0.2) is 0 Å². The molecule has 1 unspecified atom stereocenters. The third-order valence-corrected chi connectivity index (χ3v) is 2.84. The smallest absolute Gasteiger partial charge is 0.0589 e. The van der Waals surface area contributed by atoms with Crippen molar-refractivity contribution >= 4 is 0 Å². The molecule has 3 heteroatoms. The number of ether oxygens (including phenoxy) is 1. The molecule has 0 amide bonds. The molecule has 0 spiro atoms. The monoisotopic (exact) mass is 230 g/mol. The van der Waals surface area contributed by atoms with Crippen LogP contribution in [0.1, 0.15) is 33.6 Å². The minimum atomic E-state index is 0.637. The molecule has 0 bridgehead atoms. The Balaban J connectivity index is 3.35. The van der Waals surface area contributed by atoms with Gasteiger partial charge in [-0.2, -0.15) is 0 Å². The van der Waals surface area contributed by atoms with Crippen LogP contribution in [0.25, 0.3) is 0 Å². The Labute approximate surface area is 102 Å². The summed E-state index contributed by atoms with van der Waals surface area (Å²) in [5.74, 6) is 0.814. The van der Waals surface area contributed by atoms with Crippen LogP contribution >= 0.6 is 0 Å². The lowest BCUT2D eigenvalue weighted by Gasteiger charge is -2.19. The number of likely N-dealkylation sites (N-methyl/N-ethyl adjacent to an activating group) is 1. The summed E-state index contributed by atoms with van der Waals surface area (Å²) in [6.07, 6.45) is 2.59. The van der Waals surface area contributed by atoms with Crippen molar-refractivity contribution in [2.45, 2.75) is 39.7 Å². The zero-order valence-corrected chi connectivity index (χ0v) is 11.8. The normalized spacial score (nSPS) is 13.7. The number of nitrogens with one attached hydrogen (secondary N) is 1. The third-order valence-electron chi connectivity index (χ3n) is 2.84. The molecular weight excluding hydrogens is 200 g/mol. The number of hydrogen-bond acceptors (Lipinski definition) is 3. The second kappa shape index (κ2) is 10.1. The van der Waals surface area contributed by atoms with Gasteiger partial charge in [0.15, 0.2) is 0 Å². The molecule has 0 saturated heterocycles. The summed E-state index contributed by atoms with van der Waals surface area (Å²) in [4.78, 5) is 2.30. The van der Waals surface area contributed by atoms with Crippen molar-refractivity contribution < 1.29 is 4.74 Å². The number of hydrogen-bond donors (Lipinski definition) is 1. The van der Waals surface area contributed by atoms with Gasteiger partial charge >= 0.3 is 0 Å². The molecule has 0 saturated carbocycles. The SMILES string of the molecule is COCCN(C)CCNC(C)CCC(C)C. The zero-order valence-electron chi connectivity index (χ0n) is 11.8. The lowest BCUT2D eigenvalue weighted by Crippen LogP contribution is -2.35. The molecule has 0 aromatic carbocycles. The van der Waals surface area contributed by atoms with Gasteiger partial charge < -0.3 is 15.0 Å². The Bertz CT molecular complexity index is 151. The van der Waals surface area contributed by atoms with E-state index in [2.05, 4.69) is 38.0 Å². The van der Waals surface area contributed by atoms with Crippen LogP contribution < -0.4 is 5.32 Å². The van der Waals surface area contributed by atoms with Crippen LogP contribution in [0.3, 0.4) is 0 Å². The average Bonchev–Trinajstić information content (AvgIpc) is 2.23. The molecular formula is C13H30N2O. The van der Waals surface area contributed by atoms with E-state index in [9.17, 15) is 0 Å². The quantitative estimate of drug-likeness (QED) is 0.621. The van der Waals surface area contributed by atoms with Gasteiger partial charge in [-0.15, -0.1) is 0 Å². The number of rotatable bonds is 10. The van der Waals surface area contributed by atoms with Crippen LogP contribution in [-0.2, 0) is 4.74 Å². The largest absolute Gasteiger partial charge is 0.383 e. The summed E-state index contributed by atoms with van der Waals surface area (Å²) in [6.45, 7) is 10.8. The van der Waals surface area contributed by atoms with E-state index in [1.807, 2.05) is 0 Å². The van der Waals surface area contributed by atoms with Gasteiger partial charge in [0.05, 0.1) is 6.61 Å². The van der Waals surface area contributed by atoms with Crippen molar-refractivity contribution in [1.29, 1.82) is 0 Å². The minimum Gasteiger partial charge on any atom is -0.383 e. The van der Waals surface area contributed by atoms with Crippen molar-refractivity contribution in [3.05, 3.63) is 0 Å². The maximum Gasteiger partial charge on any atom is 0.0589 e. The van der Waals surface area contributed by atoms with Crippen LogP contribution in [-0.4, -0.2) is 51.3 Å². The molecule has 0 aromatic heterocycles. The van der Waals surface area contributed by atoms with E-state index in [1.165, 1.54) is 12.8 Å². The van der Waals surface area contributed by atoms with Crippen molar-refractivity contribution in [3.8, 4) is 0 Å². The lowest BCUT2D eigenvalue weighted by molar-refractivity contribution is 0.161. The Kier molecular flexibility index (Phi) is 9.99. The van der Waals surface area contributed by atoms with E-state index >= 15 is 0 Å². The summed E-state index contributed by atoms with van der Waals surface area (Å²) in [6, 6.07) is 0.637. The van der Waals surface area contributed by atoms with E-state index in [4.69, 9.17) is 4.74 Å². The Morgan fingerprint density at radius 2 is 1.81 bits per heavy atom. The zero-order chi connectivity index (χ0) is 12.4. The molecule has 3 nitrogen and oxygen atoms in total. The average molecular weight is 230 g/mol. The van der Waals surface area contributed by atoms with Gasteiger partial charge in [-0.05, 0) is 32.7 Å². The fourth-order valence-electron chi connectivity index (χ4n) is 1.55. The third kappa shape index (κ3) is 10.4. The lowest BCUT2D eigenvalue weighted by atomic mass is 10.0. The summed E-state index contributed by atoms with van der Waals surface area (Å²) >= 11 is 0. The predicted molar refractivity (Wildman–Crippen MR) is 70.9 cm³/mol. The van der Waals surface area contributed by atoms with Crippen molar-refractivity contribution in [2.24, 2.45) is 5.92 Å². The molecule has 0 heterocycles. The van der Waals surface area contributed by atoms with Gasteiger partial charge in [0, 0.05) is 32.8 Å². The van der Waals surface area contributed by atoms with Gasteiger partial charge in [0.25, 0.3) is 0 Å². The highest BCUT2D eigenvalue weighted by atomic mass is 16.5. The molecule has 0 aliphatic rings. The predicted octanol–water partition coefficient (Wildman–Crippen LogP) is 1.98. The van der Waals surface area contributed by atoms with Crippen molar-refractivity contribution in [2.75, 3.05) is 40.4 Å². The summed E-state index contributed by atoms with van der Waals surface area (Å²) in [5.41, 5.74) is 0. The maximum atomic E-state index is 5.04. The second-order valence-electron chi connectivity index (χ2n) is 5.12. The van der Waals surface area contributed by atoms with Crippen molar-refractivity contribution in [1.82, 2.24) is 10.2 Å². The molecule has 1 atom stereocenters. The highest BCUT2D eigenvalue weighted by Crippen LogP contribution is 2.05. The Morgan fingerprint density at radius 3 is 2.38 bits per heavy atom. The fourth-order valence-corrected chi connectivity index (χ4v) is 1.55. The molecule has 16 heavy (non-hydrogen) atoms. The molecule has 0 radical (unpaired) electrons. The van der Waals surface area contributed by atoms with E-state index in [-0.39, 0.29) is 0 Å². The van der Waals surface area contributed by atoms with Gasteiger partial charge in [0.2, 0.25) is 0 Å². The van der Waals surface area contributed by atoms with Crippen LogP contribution in [0.2, 0.25) is 0 Å². The van der Waals surface area contributed by atoms with E-state index < -0.39 is 0 Å². The molecule has 1 N–H and O–H groups in total. The topological polar surface area (TPSA) is 24.5 Å². The Hall–Kier alpha value is -0.120.